The molecule has 0 saturated carbocycles. The molecule has 0 aliphatic rings. The lowest BCUT2D eigenvalue weighted by Gasteiger charge is -1.93. The normalized spacial score (nSPS) is 5.80. The molecule has 0 bridgehead atoms. The second-order valence-corrected chi connectivity index (χ2v) is 1.78. The number of hydrogen-bond acceptors (Lipinski definition) is 1. The highest BCUT2D eigenvalue weighted by Crippen LogP contribution is 1.56. The summed E-state index contributed by atoms with van der Waals surface area (Å²) in [5.41, 5.74) is 0. The predicted molar refractivity (Wildman–Crippen MR) is 47.1 cm³/mol. The van der Waals surface area contributed by atoms with Crippen LogP contribution in [0.5, 0.6) is 0 Å². The molecule has 0 radical (unpaired) electrons. The van der Waals surface area contributed by atoms with Crippen LogP contribution in [0.1, 0.15) is 34.1 Å². The van der Waals surface area contributed by atoms with Crippen LogP contribution in [0.25, 0.3) is 0 Å². The number of rotatable bonds is 1. The molecule has 0 aromatic heterocycles. The molecule has 0 N–H and O–H groups in total. The number of carbonyl (C=O) groups is 1. The van der Waals surface area contributed by atoms with E-state index < -0.39 is 0 Å². The van der Waals surface area contributed by atoms with Gasteiger partial charge in [0.1, 0.15) is 0 Å². The molecule has 0 rings (SSSR count). The fourth-order valence-corrected chi connectivity index (χ4v) is 0. The zero-order valence-corrected chi connectivity index (χ0v) is 8.14. The van der Waals surface area contributed by atoms with Crippen LogP contribution in [0.15, 0.2) is 0 Å². The van der Waals surface area contributed by atoms with Gasteiger partial charge in [-0.3, -0.25) is 4.79 Å². The summed E-state index contributed by atoms with van der Waals surface area (Å²) in [5, 5.41) is 0. The van der Waals surface area contributed by atoms with Gasteiger partial charge in [0, 0.05) is 14.1 Å². The second-order valence-electron chi connectivity index (χ2n) is 1.78. The van der Waals surface area contributed by atoms with E-state index in [4.69, 9.17) is 0 Å². The number of carbonyl (C=O) groups excluding carboxylic acids is 1. The lowest BCUT2D eigenvalue weighted by Crippen LogP contribution is -2.06. The Bertz CT molecular complexity index is 44.5. The van der Waals surface area contributed by atoms with Crippen molar-refractivity contribution in [2.75, 3.05) is 14.1 Å². The van der Waals surface area contributed by atoms with Crippen LogP contribution < -0.4 is 0 Å². The quantitative estimate of drug-likeness (QED) is 0.520. The highest BCUT2D eigenvalue weighted by atomic mass is 16.1. The van der Waals surface area contributed by atoms with Crippen LogP contribution in [-0.2, 0) is 4.79 Å². The molecular weight excluding hydrogens is 126 g/mol. The van der Waals surface area contributed by atoms with E-state index >= 15 is 0 Å². The van der Waals surface area contributed by atoms with Gasteiger partial charge in [-0.05, 0) is 0 Å². The van der Waals surface area contributed by atoms with Gasteiger partial charge in [-0.2, -0.15) is 0 Å². The van der Waals surface area contributed by atoms with Crippen molar-refractivity contribution < 1.29 is 4.79 Å². The second kappa shape index (κ2) is 23.7. The lowest BCUT2D eigenvalue weighted by atomic mass is 10.6. The van der Waals surface area contributed by atoms with E-state index in [1.54, 1.807) is 14.1 Å². The van der Waals surface area contributed by atoms with Gasteiger partial charge >= 0.3 is 0 Å². The van der Waals surface area contributed by atoms with Gasteiger partial charge < -0.3 is 4.90 Å². The predicted octanol–water partition coefficient (Wildman–Crippen LogP) is 2.15. The number of nitrogens with zero attached hydrogens (tertiary/aromatic N) is 1. The van der Waals surface area contributed by atoms with Gasteiger partial charge in [0.05, 0.1) is 0 Å². The molecule has 0 unspecified atom stereocenters. The van der Waals surface area contributed by atoms with E-state index in [9.17, 15) is 4.79 Å². The third kappa shape index (κ3) is 145. The largest absolute Gasteiger partial charge is 0.351 e. The fourth-order valence-electron chi connectivity index (χ4n) is 0. The van der Waals surface area contributed by atoms with E-state index in [0.717, 1.165) is 6.41 Å². The molecule has 10 heavy (non-hydrogen) atoms. The molecule has 0 aliphatic carbocycles. The zero-order valence-electron chi connectivity index (χ0n) is 8.14. The Morgan fingerprint density at radius 2 is 1.30 bits per heavy atom. The van der Waals surface area contributed by atoms with Crippen molar-refractivity contribution in [3.05, 3.63) is 0 Å². The fraction of sp³-hybridized carbons (Fsp3) is 0.875. The summed E-state index contributed by atoms with van der Waals surface area (Å²) < 4.78 is 0. The van der Waals surface area contributed by atoms with E-state index in [1.807, 2.05) is 13.8 Å². The first-order chi connectivity index (χ1) is 4.68. The molecule has 1 amide bonds. The summed E-state index contributed by atoms with van der Waals surface area (Å²) >= 11 is 0. The van der Waals surface area contributed by atoms with Crippen molar-refractivity contribution in [1.82, 2.24) is 4.90 Å². The summed E-state index contributed by atoms with van der Waals surface area (Å²) in [6.45, 7) is 8.25. The Hall–Kier alpha value is -0.530. The Balaban J connectivity index is -0.0000000847. The van der Waals surface area contributed by atoms with Crippen molar-refractivity contribution in [2.45, 2.75) is 34.1 Å². The molecule has 0 aromatic rings. The maximum absolute atomic E-state index is 9.43. The van der Waals surface area contributed by atoms with Gasteiger partial charge in [-0.1, -0.05) is 34.1 Å². The van der Waals surface area contributed by atoms with Gasteiger partial charge in [0.25, 0.3) is 0 Å². The highest BCUT2D eigenvalue weighted by Gasteiger charge is 1.68. The van der Waals surface area contributed by atoms with Gasteiger partial charge in [0.15, 0.2) is 0 Å². The Morgan fingerprint density at radius 1 is 1.20 bits per heavy atom. The maximum Gasteiger partial charge on any atom is 0.209 e. The number of amides is 1. The lowest BCUT2D eigenvalue weighted by molar-refractivity contribution is -0.115. The summed E-state index contributed by atoms with van der Waals surface area (Å²) in [6, 6.07) is 0. The van der Waals surface area contributed by atoms with Gasteiger partial charge in [-0.15, -0.1) is 0 Å². The van der Waals surface area contributed by atoms with Crippen molar-refractivity contribution in [3.63, 3.8) is 0 Å². The molecule has 0 atom stereocenters. The topological polar surface area (TPSA) is 20.3 Å². The summed E-state index contributed by atoms with van der Waals surface area (Å²) in [5.74, 6) is 0. The molecule has 0 fully saturated rings. The SMILES string of the molecule is CC.CCC.CN(C)C=O. The van der Waals surface area contributed by atoms with E-state index in [2.05, 4.69) is 13.8 Å². The van der Waals surface area contributed by atoms with Gasteiger partial charge in [-0.25, -0.2) is 0 Å². The van der Waals surface area contributed by atoms with Crippen LogP contribution >= 0.6 is 0 Å². The minimum Gasteiger partial charge on any atom is -0.351 e. The van der Waals surface area contributed by atoms with Crippen molar-refractivity contribution >= 4 is 6.41 Å². The average molecular weight is 147 g/mol. The number of hydrogen-bond donors (Lipinski definition) is 0. The molecule has 0 heterocycles. The molecule has 0 aromatic carbocycles. The van der Waals surface area contributed by atoms with Crippen molar-refractivity contribution in [2.24, 2.45) is 0 Å². The minimum absolute atomic E-state index is 0.750. The van der Waals surface area contributed by atoms with Crippen LogP contribution in [0.2, 0.25) is 0 Å². The molecule has 64 valence electrons. The highest BCUT2D eigenvalue weighted by molar-refractivity contribution is 5.45. The van der Waals surface area contributed by atoms with E-state index in [1.165, 1.54) is 11.3 Å². The Morgan fingerprint density at radius 3 is 1.30 bits per heavy atom. The smallest absolute Gasteiger partial charge is 0.209 e. The maximum atomic E-state index is 9.43. The van der Waals surface area contributed by atoms with Crippen LogP contribution in [-0.4, -0.2) is 25.4 Å². The summed E-state index contributed by atoms with van der Waals surface area (Å²) in [6.07, 6.45) is 2.00. The summed E-state index contributed by atoms with van der Waals surface area (Å²) in [7, 11) is 3.38. The van der Waals surface area contributed by atoms with Crippen molar-refractivity contribution in [1.29, 1.82) is 0 Å². The minimum atomic E-state index is 0.750. The zero-order chi connectivity index (χ0) is 8.99. The Kier molecular flexibility index (Phi) is 38.4. The average Bonchev–Trinajstić information content (AvgIpc) is 1.94. The monoisotopic (exact) mass is 147 g/mol. The first-order valence-electron chi connectivity index (χ1n) is 3.80. The summed E-state index contributed by atoms with van der Waals surface area (Å²) in [4.78, 5) is 10.9. The third-order valence-corrected chi connectivity index (χ3v) is 0.211. The Labute approximate surface area is 65.2 Å². The standard InChI is InChI=1S/C3H7NO.C3H8.C2H6/c1-4(2)3-5;1-3-2;1-2/h3H,1-2H3;3H2,1-2H3;1-2H3. The van der Waals surface area contributed by atoms with E-state index in [0.29, 0.717) is 0 Å². The first-order valence-corrected chi connectivity index (χ1v) is 3.80. The van der Waals surface area contributed by atoms with Gasteiger partial charge in [0.2, 0.25) is 6.41 Å². The molecular formula is C8H21NO. The van der Waals surface area contributed by atoms with Crippen LogP contribution in [0, 0.1) is 0 Å². The molecule has 0 aliphatic heterocycles. The molecule has 2 nitrogen and oxygen atoms in total. The van der Waals surface area contributed by atoms with Crippen molar-refractivity contribution in [3.8, 4) is 0 Å². The van der Waals surface area contributed by atoms with Crippen LogP contribution in [0.4, 0.5) is 0 Å². The van der Waals surface area contributed by atoms with Crippen LogP contribution in [0.3, 0.4) is 0 Å². The molecule has 0 spiro atoms. The van der Waals surface area contributed by atoms with E-state index in [-0.39, 0.29) is 0 Å². The molecule has 0 saturated heterocycles. The third-order valence-electron chi connectivity index (χ3n) is 0.211. The first kappa shape index (κ1) is 16.2. The molecule has 2 heteroatoms.